The maximum Gasteiger partial charge on any atom is 0.267 e. The number of nitrogens with two attached hydrogens (primary N) is 1. The summed E-state index contributed by atoms with van der Waals surface area (Å²) in [7, 11) is 0. The van der Waals surface area contributed by atoms with E-state index in [-0.39, 0.29) is 23.1 Å². The molecule has 0 bridgehead atoms. The quantitative estimate of drug-likeness (QED) is 0.866. The highest BCUT2D eigenvalue weighted by atomic mass is 16.2. The number of primary amides is 1. The minimum absolute atomic E-state index is 0.0329. The van der Waals surface area contributed by atoms with Crippen molar-refractivity contribution in [2.45, 2.75) is 32.7 Å². The molecular weight excluding hydrogens is 268 g/mol. The van der Waals surface area contributed by atoms with Gasteiger partial charge in [-0.2, -0.15) is 0 Å². The summed E-state index contributed by atoms with van der Waals surface area (Å²) in [5, 5.41) is 3.01. The summed E-state index contributed by atoms with van der Waals surface area (Å²) in [6.07, 6.45) is 2.37. The first-order valence-electron chi connectivity index (χ1n) is 7.09. The molecule has 1 aliphatic heterocycles. The number of aromatic nitrogens is 1. The van der Waals surface area contributed by atoms with Crippen LogP contribution in [0.1, 0.15) is 37.7 Å². The molecule has 1 aliphatic rings. The predicted octanol–water partition coefficient (Wildman–Crippen LogP) is 0.922. The van der Waals surface area contributed by atoms with Gasteiger partial charge in [-0.3, -0.25) is 14.6 Å². The second-order valence-corrected chi connectivity index (χ2v) is 6.43. The molecule has 3 N–H and O–H groups in total. The van der Waals surface area contributed by atoms with E-state index in [1.165, 1.54) is 0 Å². The molecule has 1 aromatic rings. The SMILES string of the molecule is CC(C)(C)NC(=O)C1CCN(c2ccnc(C(N)=O)c2)C1. The lowest BCUT2D eigenvalue weighted by molar-refractivity contribution is -0.125. The number of hydrogen-bond acceptors (Lipinski definition) is 4. The number of pyridine rings is 1. The van der Waals surface area contributed by atoms with Crippen LogP contribution in [0.4, 0.5) is 5.69 Å². The minimum atomic E-state index is -0.543. The summed E-state index contributed by atoms with van der Waals surface area (Å²) in [6.45, 7) is 7.34. The molecular formula is C15H22N4O2. The molecule has 114 valence electrons. The first-order valence-corrected chi connectivity index (χ1v) is 7.09. The van der Waals surface area contributed by atoms with Crippen LogP contribution in [0.3, 0.4) is 0 Å². The van der Waals surface area contributed by atoms with Gasteiger partial charge < -0.3 is 16.0 Å². The van der Waals surface area contributed by atoms with Crippen LogP contribution in [-0.4, -0.2) is 35.4 Å². The van der Waals surface area contributed by atoms with Crippen molar-refractivity contribution in [3.8, 4) is 0 Å². The third-order valence-corrected chi connectivity index (χ3v) is 3.42. The molecule has 1 aromatic heterocycles. The van der Waals surface area contributed by atoms with Gasteiger partial charge in [0.2, 0.25) is 5.91 Å². The highest BCUT2D eigenvalue weighted by Gasteiger charge is 2.30. The van der Waals surface area contributed by atoms with Gasteiger partial charge in [0.25, 0.3) is 5.91 Å². The van der Waals surface area contributed by atoms with Gasteiger partial charge in [-0.05, 0) is 39.3 Å². The average molecular weight is 290 g/mol. The Labute approximate surface area is 124 Å². The van der Waals surface area contributed by atoms with E-state index in [1.807, 2.05) is 26.8 Å². The molecule has 21 heavy (non-hydrogen) atoms. The lowest BCUT2D eigenvalue weighted by Gasteiger charge is -2.23. The van der Waals surface area contributed by atoms with Gasteiger partial charge in [-0.15, -0.1) is 0 Å². The molecule has 2 amide bonds. The Balaban J connectivity index is 2.04. The van der Waals surface area contributed by atoms with Gasteiger partial charge in [-0.1, -0.05) is 0 Å². The number of nitrogens with one attached hydrogen (secondary N) is 1. The van der Waals surface area contributed by atoms with E-state index in [0.29, 0.717) is 6.54 Å². The molecule has 1 saturated heterocycles. The number of anilines is 1. The van der Waals surface area contributed by atoms with Gasteiger partial charge >= 0.3 is 0 Å². The number of rotatable bonds is 3. The molecule has 6 nitrogen and oxygen atoms in total. The molecule has 2 rings (SSSR count). The first-order chi connectivity index (χ1) is 9.76. The molecule has 1 unspecified atom stereocenters. The van der Waals surface area contributed by atoms with Crippen molar-refractivity contribution in [2.24, 2.45) is 11.7 Å². The van der Waals surface area contributed by atoms with Crippen LogP contribution in [0.5, 0.6) is 0 Å². The first kappa shape index (κ1) is 15.3. The Morgan fingerprint density at radius 2 is 2.14 bits per heavy atom. The van der Waals surface area contributed by atoms with E-state index >= 15 is 0 Å². The van der Waals surface area contributed by atoms with Gasteiger partial charge in [0.15, 0.2) is 0 Å². The number of hydrogen-bond donors (Lipinski definition) is 2. The van der Waals surface area contributed by atoms with Crippen LogP contribution >= 0.6 is 0 Å². The van der Waals surface area contributed by atoms with Crippen molar-refractivity contribution in [1.82, 2.24) is 10.3 Å². The van der Waals surface area contributed by atoms with Crippen LogP contribution in [0.25, 0.3) is 0 Å². The molecule has 0 spiro atoms. The molecule has 0 saturated carbocycles. The normalized spacial score (nSPS) is 18.6. The smallest absolute Gasteiger partial charge is 0.267 e. The zero-order valence-electron chi connectivity index (χ0n) is 12.7. The average Bonchev–Trinajstić information content (AvgIpc) is 2.86. The standard InChI is InChI=1S/C15H22N4O2/c1-15(2,3)18-14(21)10-5-7-19(9-10)11-4-6-17-12(8-11)13(16)20/h4,6,8,10H,5,7,9H2,1-3H3,(H2,16,20)(H,18,21). The summed E-state index contributed by atoms with van der Waals surface area (Å²) in [5.74, 6) is -0.498. The van der Waals surface area contributed by atoms with Crippen molar-refractivity contribution in [2.75, 3.05) is 18.0 Å². The van der Waals surface area contributed by atoms with Gasteiger partial charge in [0.05, 0.1) is 5.92 Å². The predicted molar refractivity (Wildman–Crippen MR) is 81.0 cm³/mol. The molecule has 1 fully saturated rings. The summed E-state index contributed by atoms with van der Waals surface area (Å²) in [6, 6.07) is 3.50. The van der Waals surface area contributed by atoms with E-state index in [0.717, 1.165) is 18.7 Å². The monoisotopic (exact) mass is 290 g/mol. The maximum atomic E-state index is 12.2. The van der Waals surface area contributed by atoms with E-state index in [9.17, 15) is 9.59 Å². The lowest BCUT2D eigenvalue weighted by atomic mass is 10.0. The van der Waals surface area contributed by atoms with Crippen molar-refractivity contribution in [1.29, 1.82) is 0 Å². The van der Waals surface area contributed by atoms with Crippen LogP contribution in [-0.2, 0) is 4.79 Å². The Bertz CT molecular complexity index is 551. The number of carbonyl (C=O) groups excluding carboxylic acids is 2. The van der Waals surface area contributed by atoms with Crippen molar-refractivity contribution in [3.05, 3.63) is 24.0 Å². The molecule has 0 aliphatic carbocycles. The third-order valence-electron chi connectivity index (χ3n) is 3.42. The van der Waals surface area contributed by atoms with Gasteiger partial charge in [0.1, 0.15) is 5.69 Å². The molecule has 0 radical (unpaired) electrons. The van der Waals surface area contributed by atoms with Crippen LogP contribution in [0.15, 0.2) is 18.3 Å². The van der Waals surface area contributed by atoms with Crippen LogP contribution in [0, 0.1) is 5.92 Å². The van der Waals surface area contributed by atoms with Crippen molar-refractivity contribution in [3.63, 3.8) is 0 Å². The van der Waals surface area contributed by atoms with E-state index in [2.05, 4.69) is 15.2 Å². The summed E-state index contributed by atoms with van der Waals surface area (Å²) < 4.78 is 0. The maximum absolute atomic E-state index is 12.2. The number of amides is 2. The third kappa shape index (κ3) is 3.93. The fourth-order valence-corrected chi connectivity index (χ4v) is 2.43. The summed E-state index contributed by atoms with van der Waals surface area (Å²) in [4.78, 5) is 29.4. The zero-order valence-corrected chi connectivity index (χ0v) is 12.7. The summed E-state index contributed by atoms with van der Waals surface area (Å²) in [5.41, 5.74) is 6.15. The van der Waals surface area contributed by atoms with E-state index < -0.39 is 5.91 Å². The number of carbonyl (C=O) groups is 2. The van der Waals surface area contributed by atoms with Crippen molar-refractivity contribution < 1.29 is 9.59 Å². The Kier molecular flexibility index (Phi) is 4.16. The summed E-state index contributed by atoms with van der Waals surface area (Å²) >= 11 is 0. The fourth-order valence-electron chi connectivity index (χ4n) is 2.43. The van der Waals surface area contributed by atoms with E-state index in [4.69, 9.17) is 5.73 Å². The molecule has 2 heterocycles. The highest BCUT2D eigenvalue weighted by Crippen LogP contribution is 2.24. The molecule has 6 heteroatoms. The zero-order chi connectivity index (χ0) is 15.6. The largest absolute Gasteiger partial charge is 0.371 e. The minimum Gasteiger partial charge on any atom is -0.371 e. The van der Waals surface area contributed by atoms with Gasteiger partial charge in [-0.25, -0.2) is 0 Å². The van der Waals surface area contributed by atoms with Gasteiger partial charge in [0, 0.05) is 30.5 Å². The lowest BCUT2D eigenvalue weighted by Crippen LogP contribution is -2.44. The highest BCUT2D eigenvalue weighted by molar-refractivity contribution is 5.91. The molecule has 0 aromatic carbocycles. The topological polar surface area (TPSA) is 88.3 Å². The second-order valence-electron chi connectivity index (χ2n) is 6.43. The van der Waals surface area contributed by atoms with E-state index in [1.54, 1.807) is 12.3 Å². The van der Waals surface area contributed by atoms with Crippen LogP contribution in [0.2, 0.25) is 0 Å². The Morgan fingerprint density at radius 3 is 2.76 bits per heavy atom. The Morgan fingerprint density at radius 1 is 1.43 bits per heavy atom. The van der Waals surface area contributed by atoms with Crippen LogP contribution < -0.4 is 16.0 Å². The second kappa shape index (κ2) is 5.71. The van der Waals surface area contributed by atoms with Crippen molar-refractivity contribution >= 4 is 17.5 Å². The molecule has 1 atom stereocenters. The Hall–Kier alpha value is -2.11. The fraction of sp³-hybridized carbons (Fsp3) is 0.533. The number of nitrogens with zero attached hydrogens (tertiary/aromatic N) is 2.